The number of halogens is 1. The van der Waals surface area contributed by atoms with Gasteiger partial charge in [-0.25, -0.2) is 9.78 Å². The van der Waals surface area contributed by atoms with Gasteiger partial charge in [-0.15, -0.1) is 0 Å². The molecule has 1 N–H and O–H groups in total. The fourth-order valence-electron chi connectivity index (χ4n) is 4.68. The van der Waals surface area contributed by atoms with E-state index in [1.165, 1.54) is 18.4 Å². The molecule has 2 aromatic heterocycles. The van der Waals surface area contributed by atoms with Crippen molar-refractivity contribution >= 4 is 38.4 Å². The Morgan fingerprint density at radius 2 is 2.03 bits per heavy atom. The quantitative estimate of drug-likeness (QED) is 0.718. The van der Waals surface area contributed by atoms with E-state index in [-0.39, 0.29) is 17.3 Å². The maximum absolute atomic E-state index is 14.9. The second-order valence-electron chi connectivity index (χ2n) is 8.31. The van der Waals surface area contributed by atoms with Crippen molar-refractivity contribution in [1.29, 1.82) is 0 Å². The maximum atomic E-state index is 14.9. The molecule has 168 valence electrons. The molecule has 2 aromatic rings. The van der Waals surface area contributed by atoms with Crippen LogP contribution in [0.4, 0.5) is 20.0 Å². The van der Waals surface area contributed by atoms with Gasteiger partial charge in [0.1, 0.15) is 11.2 Å². The van der Waals surface area contributed by atoms with Gasteiger partial charge in [0, 0.05) is 38.2 Å². The Morgan fingerprint density at radius 3 is 2.77 bits per heavy atom. The van der Waals surface area contributed by atoms with Gasteiger partial charge in [0.15, 0.2) is 5.13 Å². The number of morpholine rings is 1. The number of ether oxygens (including phenoxy) is 3. The Bertz CT molecular complexity index is 974. The summed E-state index contributed by atoms with van der Waals surface area (Å²) in [4.78, 5) is 25.1. The van der Waals surface area contributed by atoms with E-state index in [4.69, 9.17) is 14.2 Å². The number of nitrogens with zero attached hydrogens (tertiary/aromatic N) is 4. The lowest BCUT2D eigenvalue weighted by Gasteiger charge is -2.32. The molecular formula is C20H26FN5O4S. The Morgan fingerprint density at radius 1 is 1.19 bits per heavy atom. The molecule has 3 aliphatic rings. The molecule has 0 bridgehead atoms. The Kier molecular flexibility index (Phi) is 5.57. The van der Waals surface area contributed by atoms with E-state index in [2.05, 4.69) is 15.3 Å². The number of carbonyl (C=O) groups is 1. The van der Waals surface area contributed by atoms with Crippen LogP contribution in [0.3, 0.4) is 0 Å². The van der Waals surface area contributed by atoms with Crippen molar-refractivity contribution in [2.24, 2.45) is 5.41 Å². The fraction of sp³-hybridized carbons (Fsp3) is 0.650. The molecule has 0 aliphatic carbocycles. The molecule has 5 heterocycles. The van der Waals surface area contributed by atoms with Crippen LogP contribution < -0.4 is 15.0 Å². The van der Waals surface area contributed by atoms with Crippen molar-refractivity contribution in [1.82, 2.24) is 14.9 Å². The number of likely N-dealkylation sites (tertiary alicyclic amines) is 1. The first-order valence-electron chi connectivity index (χ1n) is 10.6. The number of thiazole rings is 1. The number of nitrogens with one attached hydrogen (secondary N) is 1. The summed E-state index contributed by atoms with van der Waals surface area (Å²) in [5.74, 6) is -0.493. The standard InChI is InChI=1S/C20H26FN5O4S/c1-28-17-13-15(14(16(21)23-17)25-6-9-29-10-7-25)31-18(22-13)24-19(27)26-5-4-20(11-26)3-2-8-30-12-20/h2-12H2,1H3,(H,22,24,27)/t20-/m1/s1. The number of pyridine rings is 1. The minimum absolute atomic E-state index is 0.0724. The molecule has 0 saturated carbocycles. The molecule has 1 spiro atoms. The molecule has 11 heteroatoms. The highest BCUT2D eigenvalue weighted by Crippen LogP contribution is 2.41. The van der Waals surface area contributed by atoms with Crippen LogP contribution in [0.15, 0.2) is 0 Å². The first-order valence-corrected chi connectivity index (χ1v) is 11.4. The molecule has 1 atom stereocenters. The number of aromatic nitrogens is 2. The first kappa shape index (κ1) is 20.7. The molecule has 31 heavy (non-hydrogen) atoms. The van der Waals surface area contributed by atoms with Crippen molar-refractivity contribution in [3.63, 3.8) is 0 Å². The van der Waals surface area contributed by atoms with Crippen molar-refractivity contribution < 1.29 is 23.4 Å². The number of methoxy groups -OCH3 is 1. The van der Waals surface area contributed by atoms with Gasteiger partial charge >= 0.3 is 6.03 Å². The van der Waals surface area contributed by atoms with E-state index in [1.807, 2.05) is 9.80 Å². The normalized spacial score (nSPS) is 24.2. The Balaban J connectivity index is 1.39. The van der Waals surface area contributed by atoms with Gasteiger partial charge in [0.2, 0.25) is 11.8 Å². The Hall–Kier alpha value is -2.24. The van der Waals surface area contributed by atoms with Crippen LogP contribution in [0.2, 0.25) is 0 Å². The Labute approximate surface area is 183 Å². The number of hydrogen-bond acceptors (Lipinski definition) is 8. The second kappa shape index (κ2) is 8.36. The lowest BCUT2D eigenvalue weighted by molar-refractivity contribution is -0.000213. The van der Waals surface area contributed by atoms with Gasteiger partial charge in [-0.05, 0) is 19.3 Å². The zero-order valence-corrected chi connectivity index (χ0v) is 18.3. The van der Waals surface area contributed by atoms with Gasteiger partial charge in [0.25, 0.3) is 0 Å². The van der Waals surface area contributed by atoms with Crippen LogP contribution in [0.1, 0.15) is 19.3 Å². The summed E-state index contributed by atoms with van der Waals surface area (Å²) in [6, 6.07) is -0.193. The van der Waals surface area contributed by atoms with Gasteiger partial charge in [-0.1, -0.05) is 11.3 Å². The van der Waals surface area contributed by atoms with Crippen LogP contribution in [-0.2, 0) is 9.47 Å². The number of urea groups is 1. The van der Waals surface area contributed by atoms with Crippen LogP contribution in [0, 0.1) is 11.4 Å². The van der Waals surface area contributed by atoms with E-state index in [9.17, 15) is 9.18 Å². The predicted molar refractivity (Wildman–Crippen MR) is 115 cm³/mol. The van der Waals surface area contributed by atoms with E-state index in [1.54, 1.807) is 0 Å². The summed E-state index contributed by atoms with van der Waals surface area (Å²) in [5, 5.41) is 3.30. The summed E-state index contributed by atoms with van der Waals surface area (Å²) < 4.78 is 31.8. The smallest absolute Gasteiger partial charge is 0.323 e. The fourth-order valence-corrected chi connectivity index (χ4v) is 5.69. The highest BCUT2D eigenvalue weighted by Gasteiger charge is 2.41. The summed E-state index contributed by atoms with van der Waals surface area (Å²) in [5.41, 5.74) is 0.906. The van der Waals surface area contributed by atoms with Crippen molar-refractivity contribution in [3.05, 3.63) is 5.95 Å². The molecule has 5 rings (SSSR count). The maximum Gasteiger partial charge on any atom is 0.323 e. The molecule has 3 saturated heterocycles. The molecule has 9 nitrogen and oxygen atoms in total. The predicted octanol–water partition coefficient (Wildman–Crippen LogP) is 2.71. The van der Waals surface area contributed by atoms with Crippen molar-refractivity contribution in [2.45, 2.75) is 19.3 Å². The zero-order chi connectivity index (χ0) is 21.4. The number of hydrogen-bond donors (Lipinski definition) is 1. The number of amides is 2. The minimum Gasteiger partial charge on any atom is -0.479 e. The van der Waals surface area contributed by atoms with E-state index in [0.717, 1.165) is 25.9 Å². The van der Waals surface area contributed by atoms with Crippen LogP contribution in [0.5, 0.6) is 5.88 Å². The molecule has 0 aromatic carbocycles. The zero-order valence-electron chi connectivity index (χ0n) is 17.5. The van der Waals surface area contributed by atoms with Crippen molar-refractivity contribution in [3.8, 4) is 5.88 Å². The monoisotopic (exact) mass is 451 g/mol. The van der Waals surface area contributed by atoms with Crippen LogP contribution >= 0.6 is 11.3 Å². The number of carbonyl (C=O) groups excluding carboxylic acids is 1. The summed E-state index contributed by atoms with van der Waals surface area (Å²) in [7, 11) is 1.43. The van der Waals surface area contributed by atoms with Gasteiger partial charge in [0.05, 0.1) is 31.6 Å². The summed E-state index contributed by atoms with van der Waals surface area (Å²) in [6.07, 6.45) is 3.07. The highest BCUT2D eigenvalue weighted by molar-refractivity contribution is 7.23. The van der Waals surface area contributed by atoms with E-state index < -0.39 is 5.95 Å². The number of rotatable bonds is 3. The average molecular weight is 452 g/mol. The topological polar surface area (TPSA) is 89.1 Å². The number of fused-ring (bicyclic) bond motifs is 1. The second-order valence-corrected chi connectivity index (χ2v) is 9.31. The summed E-state index contributed by atoms with van der Waals surface area (Å²) in [6.45, 7) is 5.07. The lowest BCUT2D eigenvalue weighted by atomic mass is 9.82. The lowest BCUT2D eigenvalue weighted by Crippen LogP contribution is -2.38. The molecule has 0 unspecified atom stereocenters. The summed E-state index contributed by atoms with van der Waals surface area (Å²) >= 11 is 1.24. The molecule has 0 radical (unpaired) electrons. The third-order valence-corrected chi connectivity index (χ3v) is 7.28. The SMILES string of the molecule is COc1nc(F)c(N2CCOCC2)c2sc(NC(=O)N3CC[C@]4(CCCOC4)C3)nc12. The highest BCUT2D eigenvalue weighted by atomic mass is 32.1. The van der Waals surface area contributed by atoms with Gasteiger partial charge < -0.3 is 24.0 Å². The molecule has 3 aliphatic heterocycles. The minimum atomic E-state index is -0.605. The van der Waals surface area contributed by atoms with E-state index in [0.29, 0.717) is 67.0 Å². The molecule has 2 amide bonds. The third kappa shape index (κ3) is 3.90. The van der Waals surface area contributed by atoms with E-state index >= 15 is 0 Å². The average Bonchev–Trinajstić information content (AvgIpc) is 3.39. The van der Waals surface area contributed by atoms with Gasteiger partial charge in [-0.2, -0.15) is 9.37 Å². The molecular weight excluding hydrogens is 425 g/mol. The number of anilines is 2. The van der Waals surface area contributed by atoms with Crippen LogP contribution in [0.25, 0.3) is 10.2 Å². The van der Waals surface area contributed by atoms with Crippen LogP contribution in [-0.4, -0.2) is 80.6 Å². The first-order chi connectivity index (χ1) is 15.1. The van der Waals surface area contributed by atoms with Crippen molar-refractivity contribution in [2.75, 3.05) is 69.9 Å². The van der Waals surface area contributed by atoms with Gasteiger partial charge in [-0.3, -0.25) is 5.32 Å². The third-order valence-electron chi connectivity index (χ3n) is 6.30. The largest absolute Gasteiger partial charge is 0.479 e. The molecule has 3 fully saturated rings.